The number of aromatic nitrogens is 2. The summed E-state index contributed by atoms with van der Waals surface area (Å²) >= 11 is 0. The lowest BCUT2D eigenvalue weighted by Crippen LogP contribution is -2.09. The van der Waals surface area contributed by atoms with E-state index in [4.69, 9.17) is 10.5 Å². The Balaban J connectivity index is 2.63. The zero-order valence-corrected chi connectivity index (χ0v) is 9.32. The van der Waals surface area contributed by atoms with Crippen LogP contribution in [-0.4, -0.2) is 24.1 Å². The molecule has 3 N–H and O–H groups in total. The molecule has 0 atom stereocenters. The summed E-state index contributed by atoms with van der Waals surface area (Å²) in [5, 5.41) is 4.05. The summed E-state index contributed by atoms with van der Waals surface area (Å²) in [6.07, 6.45) is 0. The molecule has 0 aliphatic rings. The molecule has 16 heavy (non-hydrogen) atoms. The van der Waals surface area contributed by atoms with Crippen molar-refractivity contribution in [1.29, 1.82) is 0 Å². The van der Waals surface area contributed by atoms with Gasteiger partial charge in [-0.1, -0.05) is 0 Å². The third-order valence-corrected chi connectivity index (χ3v) is 2.34. The van der Waals surface area contributed by atoms with E-state index in [2.05, 4.69) is 15.3 Å². The minimum absolute atomic E-state index is 0.283. The molecule has 5 heteroatoms. The molecule has 0 saturated heterocycles. The number of ether oxygens (including phenoxy) is 1. The summed E-state index contributed by atoms with van der Waals surface area (Å²) in [6.45, 7) is 0.662. The first kappa shape index (κ1) is 10.6. The number of hydrogen-bond donors (Lipinski definition) is 2. The van der Waals surface area contributed by atoms with Gasteiger partial charge in [0.2, 0.25) is 5.95 Å². The van der Waals surface area contributed by atoms with Crippen molar-refractivity contribution in [3.8, 4) is 5.75 Å². The maximum atomic E-state index is 5.66. The maximum absolute atomic E-state index is 5.66. The van der Waals surface area contributed by atoms with Gasteiger partial charge in [0.1, 0.15) is 5.75 Å². The van der Waals surface area contributed by atoms with Crippen molar-refractivity contribution in [2.45, 2.75) is 6.54 Å². The largest absolute Gasteiger partial charge is 0.497 e. The molecule has 84 valence electrons. The summed E-state index contributed by atoms with van der Waals surface area (Å²) in [6, 6.07) is 5.69. The lowest BCUT2D eigenvalue weighted by Gasteiger charge is -2.07. The van der Waals surface area contributed by atoms with E-state index < -0.39 is 0 Å². The van der Waals surface area contributed by atoms with Crippen LogP contribution in [0.3, 0.4) is 0 Å². The van der Waals surface area contributed by atoms with Gasteiger partial charge in [-0.15, -0.1) is 0 Å². The van der Waals surface area contributed by atoms with Crippen LogP contribution in [0.5, 0.6) is 5.75 Å². The summed E-state index contributed by atoms with van der Waals surface area (Å²) in [4.78, 5) is 8.40. The summed E-state index contributed by atoms with van der Waals surface area (Å²) in [5.41, 5.74) is 7.35. The van der Waals surface area contributed by atoms with Gasteiger partial charge in [-0.2, -0.15) is 0 Å². The predicted molar refractivity (Wildman–Crippen MR) is 63.3 cm³/mol. The lowest BCUT2D eigenvalue weighted by molar-refractivity contribution is 0.415. The van der Waals surface area contributed by atoms with E-state index in [0.29, 0.717) is 6.54 Å². The third-order valence-electron chi connectivity index (χ3n) is 2.34. The quantitative estimate of drug-likeness (QED) is 0.802. The molecule has 2 rings (SSSR count). The first-order valence-corrected chi connectivity index (χ1v) is 4.99. The van der Waals surface area contributed by atoms with E-state index in [1.807, 2.05) is 25.2 Å². The smallest absolute Gasteiger partial charge is 0.220 e. The molecule has 0 unspecified atom stereocenters. The van der Waals surface area contributed by atoms with E-state index >= 15 is 0 Å². The van der Waals surface area contributed by atoms with Crippen molar-refractivity contribution in [1.82, 2.24) is 15.3 Å². The van der Waals surface area contributed by atoms with Crippen LogP contribution in [0, 0.1) is 0 Å². The molecular formula is C11H14N4O. The third kappa shape index (κ3) is 1.90. The molecule has 0 saturated carbocycles. The van der Waals surface area contributed by atoms with Gasteiger partial charge in [0, 0.05) is 18.0 Å². The molecule has 1 aromatic heterocycles. The molecule has 0 bridgehead atoms. The highest BCUT2D eigenvalue weighted by Gasteiger charge is 2.06. The van der Waals surface area contributed by atoms with Gasteiger partial charge in [-0.05, 0) is 19.2 Å². The lowest BCUT2D eigenvalue weighted by atomic mass is 10.2. The fourth-order valence-corrected chi connectivity index (χ4v) is 1.62. The van der Waals surface area contributed by atoms with Crippen LogP contribution < -0.4 is 15.8 Å². The second kappa shape index (κ2) is 4.32. The van der Waals surface area contributed by atoms with Crippen LogP contribution >= 0.6 is 0 Å². The number of benzene rings is 1. The topological polar surface area (TPSA) is 73.1 Å². The Labute approximate surface area is 93.7 Å². The zero-order valence-electron chi connectivity index (χ0n) is 9.32. The highest BCUT2D eigenvalue weighted by atomic mass is 16.5. The van der Waals surface area contributed by atoms with E-state index in [-0.39, 0.29) is 5.95 Å². The van der Waals surface area contributed by atoms with Crippen molar-refractivity contribution < 1.29 is 4.74 Å². The summed E-state index contributed by atoms with van der Waals surface area (Å²) in [5.74, 6) is 1.05. The van der Waals surface area contributed by atoms with E-state index in [1.54, 1.807) is 7.11 Å². The Bertz CT molecular complexity index is 513. The van der Waals surface area contributed by atoms with E-state index in [9.17, 15) is 0 Å². The Kier molecular flexibility index (Phi) is 2.87. The monoisotopic (exact) mass is 218 g/mol. The number of rotatable bonds is 3. The van der Waals surface area contributed by atoms with Crippen LogP contribution in [0.2, 0.25) is 0 Å². The molecule has 0 aliphatic heterocycles. The molecule has 0 amide bonds. The van der Waals surface area contributed by atoms with Crippen molar-refractivity contribution >= 4 is 16.9 Å². The zero-order chi connectivity index (χ0) is 11.5. The van der Waals surface area contributed by atoms with Crippen molar-refractivity contribution in [2.24, 2.45) is 0 Å². The van der Waals surface area contributed by atoms with Gasteiger partial charge >= 0.3 is 0 Å². The number of anilines is 1. The fraction of sp³-hybridized carbons (Fsp3) is 0.273. The number of nitrogens with zero attached hydrogens (tertiary/aromatic N) is 2. The van der Waals surface area contributed by atoms with Crippen LogP contribution in [0.1, 0.15) is 5.69 Å². The molecule has 0 spiro atoms. The van der Waals surface area contributed by atoms with E-state index in [0.717, 1.165) is 22.3 Å². The average molecular weight is 218 g/mol. The van der Waals surface area contributed by atoms with Gasteiger partial charge in [0.25, 0.3) is 0 Å². The summed E-state index contributed by atoms with van der Waals surface area (Å²) in [7, 11) is 3.49. The van der Waals surface area contributed by atoms with Crippen LogP contribution in [0.4, 0.5) is 5.95 Å². The Hall–Kier alpha value is -1.88. The number of nitrogen functional groups attached to an aromatic ring is 1. The molecule has 1 heterocycles. The van der Waals surface area contributed by atoms with Crippen LogP contribution in [0.15, 0.2) is 18.2 Å². The molecule has 5 nitrogen and oxygen atoms in total. The van der Waals surface area contributed by atoms with Gasteiger partial charge in [-0.3, -0.25) is 0 Å². The fourth-order valence-electron chi connectivity index (χ4n) is 1.62. The van der Waals surface area contributed by atoms with Crippen molar-refractivity contribution in [2.75, 3.05) is 19.9 Å². The number of hydrogen-bond acceptors (Lipinski definition) is 5. The average Bonchev–Trinajstić information content (AvgIpc) is 2.28. The predicted octanol–water partition coefficient (Wildman–Crippen LogP) is 0.940. The Morgan fingerprint density at radius 2 is 2.19 bits per heavy atom. The molecule has 1 aromatic carbocycles. The molecular weight excluding hydrogens is 204 g/mol. The SMILES string of the molecule is CNCc1nc(N)nc2cc(OC)ccc12. The second-order valence-corrected chi connectivity index (χ2v) is 3.44. The maximum Gasteiger partial charge on any atom is 0.220 e. The van der Waals surface area contributed by atoms with Gasteiger partial charge in [0.05, 0.1) is 18.3 Å². The number of fused-ring (bicyclic) bond motifs is 1. The number of nitrogens with one attached hydrogen (secondary N) is 1. The minimum atomic E-state index is 0.283. The van der Waals surface area contributed by atoms with Gasteiger partial charge in [-0.25, -0.2) is 9.97 Å². The molecule has 2 aromatic rings. The van der Waals surface area contributed by atoms with Crippen molar-refractivity contribution in [3.63, 3.8) is 0 Å². The Morgan fingerprint density at radius 1 is 1.38 bits per heavy atom. The van der Waals surface area contributed by atoms with Crippen LogP contribution in [0.25, 0.3) is 10.9 Å². The van der Waals surface area contributed by atoms with Crippen LogP contribution in [-0.2, 0) is 6.54 Å². The molecule has 0 radical (unpaired) electrons. The van der Waals surface area contributed by atoms with Gasteiger partial charge < -0.3 is 15.8 Å². The molecule has 0 aliphatic carbocycles. The number of methoxy groups -OCH3 is 1. The van der Waals surface area contributed by atoms with E-state index in [1.165, 1.54) is 0 Å². The Morgan fingerprint density at radius 3 is 2.88 bits per heavy atom. The highest BCUT2D eigenvalue weighted by molar-refractivity contribution is 5.83. The minimum Gasteiger partial charge on any atom is -0.497 e. The number of nitrogens with two attached hydrogens (primary N) is 1. The molecule has 0 fully saturated rings. The second-order valence-electron chi connectivity index (χ2n) is 3.44. The highest BCUT2D eigenvalue weighted by Crippen LogP contribution is 2.21. The summed E-state index contributed by atoms with van der Waals surface area (Å²) < 4.78 is 5.15. The van der Waals surface area contributed by atoms with Crippen molar-refractivity contribution in [3.05, 3.63) is 23.9 Å². The first-order chi connectivity index (χ1) is 7.74. The van der Waals surface area contributed by atoms with Gasteiger partial charge in [0.15, 0.2) is 0 Å². The first-order valence-electron chi connectivity index (χ1n) is 4.99. The standard InChI is InChI=1S/C11H14N4O/c1-13-6-10-8-4-3-7(16-2)5-9(8)14-11(12)15-10/h3-5,13H,6H2,1-2H3,(H2,12,14,15). The normalized spacial score (nSPS) is 10.6.